The van der Waals surface area contributed by atoms with Crippen molar-refractivity contribution in [1.82, 2.24) is 14.8 Å². The highest BCUT2D eigenvalue weighted by molar-refractivity contribution is 9.10. The largest absolute Gasteiger partial charge is 0.384 e. The molecule has 2 N–H and O–H groups in total. The number of benzene rings is 1. The van der Waals surface area contributed by atoms with Crippen molar-refractivity contribution in [3.05, 3.63) is 58.7 Å². The zero-order valence-corrected chi connectivity index (χ0v) is 12.5. The first kappa shape index (κ1) is 12.9. The van der Waals surface area contributed by atoms with E-state index in [1.165, 1.54) is 0 Å². The fourth-order valence-corrected chi connectivity index (χ4v) is 2.50. The van der Waals surface area contributed by atoms with Crippen LogP contribution < -0.4 is 5.73 Å². The van der Waals surface area contributed by atoms with Gasteiger partial charge >= 0.3 is 0 Å². The Morgan fingerprint density at radius 1 is 1.15 bits per heavy atom. The molecule has 0 saturated carbocycles. The Balaban J connectivity index is 2.10. The summed E-state index contributed by atoms with van der Waals surface area (Å²) < 4.78 is 2.64. The van der Waals surface area contributed by atoms with Crippen LogP contribution in [0.3, 0.4) is 0 Å². The summed E-state index contributed by atoms with van der Waals surface area (Å²) >= 11 is 3.53. The van der Waals surface area contributed by atoms with Gasteiger partial charge in [-0.2, -0.15) is 9.78 Å². The van der Waals surface area contributed by atoms with E-state index >= 15 is 0 Å². The zero-order valence-electron chi connectivity index (χ0n) is 10.9. The Labute approximate surface area is 125 Å². The van der Waals surface area contributed by atoms with Crippen LogP contribution in [0.2, 0.25) is 0 Å². The summed E-state index contributed by atoms with van der Waals surface area (Å²) in [5.41, 5.74) is 9.00. The summed E-state index contributed by atoms with van der Waals surface area (Å²) in [6.45, 7) is 2.01. The molecule has 4 nitrogen and oxygen atoms in total. The monoisotopic (exact) mass is 328 g/mol. The highest BCUT2D eigenvalue weighted by atomic mass is 79.9. The first-order valence-electron chi connectivity index (χ1n) is 6.18. The molecule has 0 aliphatic rings. The predicted octanol–water partition coefficient (Wildman–Crippen LogP) is 3.59. The minimum Gasteiger partial charge on any atom is -0.384 e. The molecule has 0 saturated heterocycles. The molecular weight excluding hydrogens is 316 g/mol. The van der Waals surface area contributed by atoms with Crippen LogP contribution in [0, 0.1) is 6.92 Å². The Hall–Kier alpha value is -2.14. The fraction of sp³-hybridized carbons (Fsp3) is 0.0667. The van der Waals surface area contributed by atoms with Crippen LogP contribution in [0.1, 0.15) is 5.56 Å². The fourth-order valence-electron chi connectivity index (χ4n) is 2.02. The maximum atomic E-state index is 6.06. The summed E-state index contributed by atoms with van der Waals surface area (Å²) in [6, 6.07) is 13.7. The van der Waals surface area contributed by atoms with Crippen molar-refractivity contribution < 1.29 is 0 Å². The van der Waals surface area contributed by atoms with Gasteiger partial charge in [-0.05, 0) is 30.7 Å². The molecule has 2 aromatic heterocycles. The van der Waals surface area contributed by atoms with Gasteiger partial charge < -0.3 is 5.73 Å². The third-order valence-electron chi connectivity index (χ3n) is 3.00. The van der Waals surface area contributed by atoms with E-state index in [1.54, 1.807) is 10.9 Å². The van der Waals surface area contributed by atoms with Crippen LogP contribution >= 0.6 is 15.9 Å². The topological polar surface area (TPSA) is 56.7 Å². The number of aromatic nitrogens is 3. The Morgan fingerprint density at radius 3 is 2.70 bits per heavy atom. The lowest BCUT2D eigenvalue weighted by atomic mass is 10.1. The molecule has 3 aromatic rings. The van der Waals surface area contributed by atoms with Gasteiger partial charge in [-0.15, -0.1) is 0 Å². The summed E-state index contributed by atoms with van der Waals surface area (Å²) in [5.74, 6) is 1.29. The number of pyridine rings is 1. The Bertz CT molecular complexity index is 764. The van der Waals surface area contributed by atoms with Crippen molar-refractivity contribution in [2.24, 2.45) is 0 Å². The number of rotatable bonds is 2. The van der Waals surface area contributed by atoms with Crippen molar-refractivity contribution in [3.63, 3.8) is 0 Å². The number of nitrogen functional groups attached to an aromatic ring is 1. The van der Waals surface area contributed by atoms with E-state index in [4.69, 9.17) is 5.73 Å². The SMILES string of the molecule is Cc1ccnc(-n2nc(-c3ccccc3Br)cc2N)c1. The molecule has 20 heavy (non-hydrogen) atoms. The van der Waals surface area contributed by atoms with Crippen LogP contribution in [0.15, 0.2) is 53.1 Å². The van der Waals surface area contributed by atoms with Crippen molar-refractivity contribution in [1.29, 1.82) is 0 Å². The molecule has 0 radical (unpaired) electrons. The molecular formula is C15H13BrN4. The van der Waals surface area contributed by atoms with Crippen LogP contribution in [0.25, 0.3) is 17.1 Å². The number of aryl methyl sites for hydroxylation is 1. The highest BCUT2D eigenvalue weighted by Gasteiger charge is 2.11. The van der Waals surface area contributed by atoms with Crippen molar-refractivity contribution >= 4 is 21.7 Å². The molecule has 2 heterocycles. The molecule has 0 amide bonds. The summed E-state index contributed by atoms with van der Waals surface area (Å²) in [6.07, 6.45) is 1.75. The summed E-state index contributed by atoms with van der Waals surface area (Å²) in [7, 11) is 0. The zero-order chi connectivity index (χ0) is 14.1. The van der Waals surface area contributed by atoms with Gasteiger partial charge in [0.25, 0.3) is 0 Å². The van der Waals surface area contributed by atoms with Gasteiger partial charge in [0.15, 0.2) is 5.82 Å². The second-order valence-electron chi connectivity index (χ2n) is 4.54. The quantitative estimate of drug-likeness (QED) is 0.782. The molecule has 3 rings (SSSR count). The van der Waals surface area contributed by atoms with Gasteiger partial charge in [0.05, 0.1) is 5.69 Å². The van der Waals surface area contributed by atoms with E-state index in [9.17, 15) is 0 Å². The van der Waals surface area contributed by atoms with Gasteiger partial charge in [0, 0.05) is 22.3 Å². The predicted molar refractivity (Wildman–Crippen MR) is 83.6 cm³/mol. The standard InChI is InChI=1S/C15H13BrN4/c1-10-6-7-18-15(8-10)20-14(17)9-13(19-20)11-4-2-3-5-12(11)16/h2-9H,17H2,1H3. The molecule has 0 atom stereocenters. The van der Waals surface area contributed by atoms with E-state index < -0.39 is 0 Å². The molecule has 0 aliphatic carbocycles. The molecule has 1 aromatic carbocycles. The van der Waals surface area contributed by atoms with E-state index in [0.29, 0.717) is 5.82 Å². The first-order chi connectivity index (χ1) is 9.65. The van der Waals surface area contributed by atoms with Crippen molar-refractivity contribution in [2.75, 3.05) is 5.73 Å². The molecule has 0 unspecified atom stereocenters. The van der Waals surface area contributed by atoms with E-state index in [1.807, 2.05) is 49.4 Å². The second kappa shape index (κ2) is 5.09. The average Bonchev–Trinajstić information content (AvgIpc) is 2.81. The molecule has 0 aliphatic heterocycles. The minimum absolute atomic E-state index is 0.564. The summed E-state index contributed by atoms with van der Waals surface area (Å²) in [5, 5.41) is 4.55. The number of hydrogen-bond donors (Lipinski definition) is 1. The van der Waals surface area contributed by atoms with E-state index in [0.717, 1.165) is 27.1 Å². The number of hydrogen-bond acceptors (Lipinski definition) is 3. The van der Waals surface area contributed by atoms with Crippen molar-refractivity contribution in [2.45, 2.75) is 6.92 Å². The Morgan fingerprint density at radius 2 is 1.95 bits per heavy atom. The molecule has 100 valence electrons. The molecule has 5 heteroatoms. The van der Waals surface area contributed by atoms with Crippen LogP contribution in [0.4, 0.5) is 5.82 Å². The maximum absolute atomic E-state index is 6.06. The van der Waals surface area contributed by atoms with Gasteiger partial charge in [-0.3, -0.25) is 0 Å². The van der Waals surface area contributed by atoms with Gasteiger partial charge in [0.2, 0.25) is 0 Å². The third-order valence-corrected chi connectivity index (χ3v) is 3.70. The van der Waals surface area contributed by atoms with E-state index in [-0.39, 0.29) is 0 Å². The summed E-state index contributed by atoms with van der Waals surface area (Å²) in [4.78, 5) is 4.31. The lowest BCUT2D eigenvalue weighted by Crippen LogP contribution is -2.03. The molecule has 0 fully saturated rings. The Kier molecular flexibility index (Phi) is 3.28. The lowest BCUT2D eigenvalue weighted by molar-refractivity contribution is 0.858. The average molecular weight is 329 g/mol. The maximum Gasteiger partial charge on any atom is 0.155 e. The third kappa shape index (κ3) is 2.32. The van der Waals surface area contributed by atoms with Crippen LogP contribution in [-0.2, 0) is 0 Å². The normalized spacial score (nSPS) is 10.7. The molecule has 0 bridgehead atoms. The number of nitrogens with zero attached hydrogens (tertiary/aromatic N) is 3. The number of anilines is 1. The first-order valence-corrected chi connectivity index (χ1v) is 6.98. The smallest absolute Gasteiger partial charge is 0.155 e. The van der Waals surface area contributed by atoms with Gasteiger partial charge in [-0.1, -0.05) is 34.1 Å². The highest BCUT2D eigenvalue weighted by Crippen LogP contribution is 2.28. The number of nitrogens with two attached hydrogens (primary N) is 1. The van der Waals surface area contributed by atoms with Gasteiger partial charge in [0.1, 0.15) is 5.82 Å². The van der Waals surface area contributed by atoms with Gasteiger partial charge in [-0.25, -0.2) is 4.98 Å². The van der Waals surface area contributed by atoms with Crippen molar-refractivity contribution in [3.8, 4) is 17.1 Å². The van der Waals surface area contributed by atoms with E-state index in [2.05, 4.69) is 26.0 Å². The van der Waals surface area contributed by atoms with Crippen LogP contribution in [-0.4, -0.2) is 14.8 Å². The lowest BCUT2D eigenvalue weighted by Gasteiger charge is -2.03. The van der Waals surface area contributed by atoms with Crippen LogP contribution in [0.5, 0.6) is 0 Å². The molecule has 0 spiro atoms. The minimum atomic E-state index is 0.564. The second-order valence-corrected chi connectivity index (χ2v) is 5.39. The number of halogens is 1.